The second kappa shape index (κ2) is 9.44. The molecule has 0 bridgehead atoms. The molecule has 2 rings (SSSR count). The number of esters is 1. The molecule has 5 heteroatoms. The lowest BCUT2D eigenvalue weighted by Gasteiger charge is -2.26. The minimum atomic E-state index is -0.887. The van der Waals surface area contributed by atoms with E-state index in [0.29, 0.717) is 25.7 Å². The first-order valence-corrected chi connectivity index (χ1v) is 10.6. The lowest BCUT2D eigenvalue weighted by atomic mass is 9.81. The smallest absolute Gasteiger partial charge is 0.331 e. The summed E-state index contributed by atoms with van der Waals surface area (Å²) in [6.07, 6.45) is 14.2. The van der Waals surface area contributed by atoms with E-state index < -0.39 is 17.3 Å². The van der Waals surface area contributed by atoms with Gasteiger partial charge in [-0.1, -0.05) is 36.8 Å². The summed E-state index contributed by atoms with van der Waals surface area (Å²) in [5.74, 6) is -0.384. The molecule has 0 radical (unpaired) electrons. The van der Waals surface area contributed by atoms with Crippen LogP contribution in [0.15, 0.2) is 47.6 Å². The molecule has 1 heterocycles. The standard InChI is InChI=1S/C25H36O5/c1-18(2)16-22(27)29-20-11-15-24(5,13-7-12-23(3,4)28)14-10-19(17-26)8-9-21-25(20,6)30-21/h7,10-12,15-17,20-21,28H,8-9,13-14H2,1-6H3/b12-7+,15-11-,19-10+/t20-,21+,24+,25+/m1/s1. The Morgan fingerprint density at radius 2 is 2.07 bits per heavy atom. The van der Waals surface area contributed by atoms with Crippen LogP contribution in [0.3, 0.4) is 0 Å². The normalized spacial score (nSPS) is 34.7. The van der Waals surface area contributed by atoms with E-state index in [2.05, 4.69) is 13.0 Å². The summed E-state index contributed by atoms with van der Waals surface area (Å²) in [5, 5.41) is 9.98. The van der Waals surface area contributed by atoms with Crippen molar-refractivity contribution < 1.29 is 24.2 Å². The van der Waals surface area contributed by atoms with Crippen molar-refractivity contribution in [1.29, 1.82) is 0 Å². The second-order valence-corrected chi connectivity index (χ2v) is 9.78. The molecule has 0 aromatic rings. The molecule has 0 aromatic heterocycles. The molecule has 166 valence electrons. The summed E-state index contributed by atoms with van der Waals surface area (Å²) >= 11 is 0. The van der Waals surface area contributed by atoms with Crippen LogP contribution in [-0.4, -0.2) is 40.8 Å². The van der Waals surface area contributed by atoms with E-state index in [9.17, 15) is 14.7 Å². The van der Waals surface area contributed by atoms with E-state index in [0.717, 1.165) is 17.4 Å². The van der Waals surface area contributed by atoms with Crippen LogP contribution in [0, 0.1) is 5.41 Å². The van der Waals surface area contributed by atoms with Crippen LogP contribution in [-0.2, 0) is 19.1 Å². The van der Waals surface area contributed by atoms with Gasteiger partial charge in [-0.15, -0.1) is 0 Å². The maximum absolute atomic E-state index is 12.3. The van der Waals surface area contributed by atoms with Gasteiger partial charge in [-0.05, 0) is 77.4 Å². The Bertz CT molecular complexity index is 763. The van der Waals surface area contributed by atoms with E-state index in [1.807, 2.05) is 39.0 Å². The van der Waals surface area contributed by atoms with Gasteiger partial charge in [-0.3, -0.25) is 4.79 Å². The lowest BCUT2D eigenvalue weighted by molar-refractivity contribution is -0.143. The Balaban J connectivity index is 2.33. The van der Waals surface area contributed by atoms with Crippen LogP contribution in [0.1, 0.15) is 67.2 Å². The molecule has 1 N–H and O–H groups in total. The average molecular weight is 417 g/mol. The second-order valence-electron chi connectivity index (χ2n) is 9.78. The Hall–Kier alpha value is -1.98. The predicted molar refractivity (Wildman–Crippen MR) is 118 cm³/mol. The summed E-state index contributed by atoms with van der Waals surface area (Å²) < 4.78 is 11.7. The summed E-state index contributed by atoms with van der Waals surface area (Å²) in [6.45, 7) is 11.2. The number of aliphatic hydroxyl groups is 1. The molecule has 4 atom stereocenters. The van der Waals surface area contributed by atoms with E-state index in [1.54, 1.807) is 19.9 Å². The molecule has 1 fully saturated rings. The maximum Gasteiger partial charge on any atom is 0.331 e. The lowest BCUT2D eigenvalue weighted by Crippen LogP contribution is -2.32. The van der Waals surface area contributed by atoms with Crippen LogP contribution in [0.5, 0.6) is 0 Å². The molecule has 0 amide bonds. The fourth-order valence-corrected chi connectivity index (χ4v) is 3.64. The highest BCUT2D eigenvalue weighted by atomic mass is 16.6. The van der Waals surface area contributed by atoms with Crippen molar-refractivity contribution in [1.82, 2.24) is 0 Å². The van der Waals surface area contributed by atoms with Crippen molar-refractivity contribution in [2.75, 3.05) is 0 Å². The Labute approximate surface area is 180 Å². The molecule has 1 saturated heterocycles. The zero-order valence-electron chi connectivity index (χ0n) is 19.1. The molecule has 1 aliphatic heterocycles. The van der Waals surface area contributed by atoms with Crippen LogP contribution < -0.4 is 0 Å². The maximum atomic E-state index is 12.3. The van der Waals surface area contributed by atoms with Crippen molar-refractivity contribution in [2.45, 2.75) is 90.6 Å². The minimum Gasteiger partial charge on any atom is -0.452 e. The monoisotopic (exact) mass is 416 g/mol. The van der Waals surface area contributed by atoms with Gasteiger partial charge in [-0.25, -0.2) is 4.79 Å². The van der Waals surface area contributed by atoms with E-state index in [4.69, 9.17) is 9.47 Å². The third kappa shape index (κ3) is 7.06. The van der Waals surface area contributed by atoms with Crippen LogP contribution in [0.2, 0.25) is 0 Å². The topological polar surface area (TPSA) is 76.1 Å². The van der Waals surface area contributed by atoms with Gasteiger partial charge in [0.25, 0.3) is 0 Å². The summed E-state index contributed by atoms with van der Waals surface area (Å²) in [6, 6.07) is 0. The number of hydrogen-bond donors (Lipinski definition) is 1. The van der Waals surface area contributed by atoms with Crippen molar-refractivity contribution >= 4 is 12.3 Å². The number of epoxide rings is 1. The first kappa shape index (κ1) is 24.3. The van der Waals surface area contributed by atoms with Crippen molar-refractivity contribution in [2.24, 2.45) is 5.41 Å². The average Bonchev–Trinajstić information content (AvgIpc) is 3.28. The highest BCUT2D eigenvalue weighted by molar-refractivity contribution is 5.83. The van der Waals surface area contributed by atoms with Gasteiger partial charge in [0.05, 0.1) is 11.7 Å². The third-order valence-electron chi connectivity index (χ3n) is 5.65. The van der Waals surface area contributed by atoms with Gasteiger partial charge >= 0.3 is 5.97 Å². The molecule has 0 spiro atoms. The number of carbonyl (C=O) groups excluding carboxylic acids is 2. The van der Waals surface area contributed by atoms with Gasteiger partial charge in [0, 0.05) is 6.08 Å². The third-order valence-corrected chi connectivity index (χ3v) is 5.65. The minimum absolute atomic E-state index is 0.0607. The van der Waals surface area contributed by atoms with E-state index in [1.165, 1.54) is 6.08 Å². The zero-order valence-corrected chi connectivity index (χ0v) is 19.1. The van der Waals surface area contributed by atoms with Crippen molar-refractivity contribution in [3.05, 3.63) is 47.6 Å². The van der Waals surface area contributed by atoms with Crippen molar-refractivity contribution in [3.8, 4) is 0 Å². The first-order chi connectivity index (χ1) is 13.9. The van der Waals surface area contributed by atoms with Gasteiger partial charge in [0.15, 0.2) is 6.10 Å². The number of fused-ring (bicyclic) bond motifs is 1. The molecule has 0 unspecified atom stereocenters. The van der Waals surface area contributed by atoms with Crippen molar-refractivity contribution in [3.63, 3.8) is 0 Å². The Morgan fingerprint density at radius 3 is 2.67 bits per heavy atom. The summed E-state index contributed by atoms with van der Waals surface area (Å²) in [5.41, 5.74) is -0.145. The molecule has 0 aromatic carbocycles. The molecular formula is C25H36O5. The molecule has 30 heavy (non-hydrogen) atoms. The van der Waals surface area contributed by atoms with Gasteiger partial charge in [0.2, 0.25) is 0 Å². The summed E-state index contributed by atoms with van der Waals surface area (Å²) in [4.78, 5) is 23.8. The van der Waals surface area contributed by atoms with Crippen LogP contribution >= 0.6 is 0 Å². The first-order valence-electron chi connectivity index (χ1n) is 10.6. The predicted octanol–water partition coefficient (Wildman–Crippen LogP) is 4.61. The molecular weight excluding hydrogens is 380 g/mol. The molecule has 0 saturated carbocycles. The van der Waals surface area contributed by atoms with Crippen LogP contribution in [0.25, 0.3) is 0 Å². The molecule has 5 nitrogen and oxygen atoms in total. The number of aldehydes is 1. The number of allylic oxidation sites excluding steroid dienone is 5. The quantitative estimate of drug-likeness (QED) is 0.225. The number of ether oxygens (including phenoxy) is 2. The van der Waals surface area contributed by atoms with Gasteiger partial charge in [-0.2, -0.15) is 0 Å². The highest BCUT2D eigenvalue weighted by Gasteiger charge is 2.58. The van der Waals surface area contributed by atoms with E-state index in [-0.39, 0.29) is 17.5 Å². The Morgan fingerprint density at radius 1 is 1.37 bits per heavy atom. The highest BCUT2D eigenvalue weighted by Crippen LogP contribution is 2.45. The summed E-state index contributed by atoms with van der Waals surface area (Å²) in [7, 11) is 0. The Kier molecular flexibility index (Phi) is 7.64. The number of rotatable bonds is 6. The molecule has 1 aliphatic carbocycles. The van der Waals surface area contributed by atoms with Gasteiger partial charge in [0.1, 0.15) is 11.9 Å². The number of hydrogen-bond acceptors (Lipinski definition) is 5. The zero-order chi connectivity index (χ0) is 22.6. The number of carbonyl (C=O) groups is 2. The van der Waals surface area contributed by atoms with Crippen LogP contribution in [0.4, 0.5) is 0 Å². The SMILES string of the molecule is CC(C)=CC(=O)O[C@@H]1/C=C\[C@@](C)(C/C=C/C(C)(C)O)C/C=C(/C=O)CC[C@@H]2O[C@]21C. The largest absolute Gasteiger partial charge is 0.452 e. The van der Waals surface area contributed by atoms with Gasteiger partial charge < -0.3 is 14.6 Å². The fourth-order valence-electron chi connectivity index (χ4n) is 3.64. The van der Waals surface area contributed by atoms with E-state index >= 15 is 0 Å². The fraction of sp³-hybridized carbons (Fsp3) is 0.600. The molecule has 2 aliphatic rings.